The van der Waals surface area contributed by atoms with E-state index < -0.39 is 11.7 Å². The van der Waals surface area contributed by atoms with Crippen molar-refractivity contribution in [2.45, 2.75) is 32.9 Å². The molecule has 1 aromatic heterocycles. The van der Waals surface area contributed by atoms with Crippen molar-refractivity contribution in [3.63, 3.8) is 0 Å². The monoisotopic (exact) mass is 300 g/mol. The minimum Gasteiger partial charge on any atom is -0.356 e. The van der Waals surface area contributed by atoms with Gasteiger partial charge in [-0.2, -0.15) is 13.2 Å². The highest BCUT2D eigenvalue weighted by atomic mass is 19.4. The van der Waals surface area contributed by atoms with Crippen molar-refractivity contribution in [3.8, 4) is 0 Å². The molecule has 2 unspecified atom stereocenters. The van der Waals surface area contributed by atoms with Crippen LogP contribution in [0.1, 0.15) is 32.3 Å². The van der Waals surface area contributed by atoms with E-state index in [0.29, 0.717) is 25.3 Å². The van der Waals surface area contributed by atoms with Crippen LogP contribution in [0.2, 0.25) is 0 Å². The van der Waals surface area contributed by atoms with Crippen LogP contribution in [0.5, 0.6) is 0 Å². The zero-order valence-electron chi connectivity index (χ0n) is 12.2. The lowest BCUT2D eigenvalue weighted by atomic mass is 9.83. The number of Topliss-reactive ketones (excluding diaryl/α,β-unsaturated/α-hetero) is 1. The fourth-order valence-corrected chi connectivity index (χ4v) is 2.83. The molecule has 1 aliphatic rings. The van der Waals surface area contributed by atoms with Crippen molar-refractivity contribution in [1.82, 2.24) is 4.98 Å². The molecule has 2 rings (SSSR count). The van der Waals surface area contributed by atoms with Crippen LogP contribution in [-0.2, 0) is 11.0 Å². The molecule has 21 heavy (non-hydrogen) atoms. The first-order chi connectivity index (χ1) is 9.82. The largest absolute Gasteiger partial charge is 0.417 e. The summed E-state index contributed by atoms with van der Waals surface area (Å²) in [5.41, 5.74) is -0.740. The first kappa shape index (κ1) is 15.8. The number of alkyl halides is 3. The summed E-state index contributed by atoms with van der Waals surface area (Å²) < 4.78 is 37.5. The van der Waals surface area contributed by atoms with E-state index in [9.17, 15) is 18.0 Å². The number of carbonyl (C=O) groups excluding carboxylic acids is 1. The zero-order chi connectivity index (χ0) is 15.6. The fourth-order valence-electron chi connectivity index (χ4n) is 2.83. The van der Waals surface area contributed by atoms with Gasteiger partial charge in [0.1, 0.15) is 11.6 Å². The van der Waals surface area contributed by atoms with Gasteiger partial charge in [-0.15, -0.1) is 0 Å². The lowest BCUT2D eigenvalue weighted by molar-refractivity contribution is -0.137. The lowest BCUT2D eigenvalue weighted by Crippen LogP contribution is -2.42. The topological polar surface area (TPSA) is 33.2 Å². The van der Waals surface area contributed by atoms with Gasteiger partial charge in [0.2, 0.25) is 0 Å². The van der Waals surface area contributed by atoms with Gasteiger partial charge in [0.25, 0.3) is 0 Å². The number of carbonyl (C=O) groups is 1. The maximum Gasteiger partial charge on any atom is 0.417 e. The number of pyridine rings is 1. The first-order valence-corrected chi connectivity index (χ1v) is 7.13. The van der Waals surface area contributed by atoms with E-state index >= 15 is 0 Å². The molecule has 0 aliphatic carbocycles. The Balaban J connectivity index is 2.06. The lowest BCUT2D eigenvalue weighted by Gasteiger charge is -2.36. The number of nitrogens with zero attached hydrogens (tertiary/aromatic N) is 2. The average molecular weight is 300 g/mol. The second kappa shape index (κ2) is 6.03. The van der Waals surface area contributed by atoms with Gasteiger partial charge in [-0.25, -0.2) is 4.98 Å². The van der Waals surface area contributed by atoms with Gasteiger partial charge < -0.3 is 4.90 Å². The van der Waals surface area contributed by atoms with Crippen LogP contribution >= 0.6 is 0 Å². The standard InChI is InChI=1S/C15H19F3N2O/c1-3-13(21)12-6-7-20(9-10(12)2)14-5-4-11(8-19-14)15(16,17)18/h4-5,8,10,12H,3,6-7,9H2,1-2H3. The van der Waals surface area contributed by atoms with Crippen molar-refractivity contribution in [2.24, 2.45) is 11.8 Å². The number of ketones is 1. The summed E-state index contributed by atoms with van der Waals surface area (Å²) in [6.45, 7) is 5.17. The molecule has 0 radical (unpaired) electrons. The minimum atomic E-state index is -4.36. The van der Waals surface area contributed by atoms with Crippen LogP contribution in [-0.4, -0.2) is 23.9 Å². The van der Waals surface area contributed by atoms with Gasteiger partial charge in [0, 0.05) is 31.6 Å². The molecule has 0 bridgehead atoms. The summed E-state index contributed by atoms with van der Waals surface area (Å²) in [6, 6.07) is 2.45. The molecule has 1 fully saturated rings. The Kier molecular flexibility index (Phi) is 4.54. The van der Waals surface area contributed by atoms with E-state index in [1.807, 2.05) is 18.7 Å². The van der Waals surface area contributed by atoms with Crippen molar-refractivity contribution >= 4 is 11.6 Å². The van der Waals surface area contributed by atoms with E-state index in [0.717, 1.165) is 18.7 Å². The van der Waals surface area contributed by atoms with Crippen LogP contribution in [0.15, 0.2) is 18.3 Å². The molecule has 2 atom stereocenters. The van der Waals surface area contributed by atoms with E-state index in [4.69, 9.17) is 0 Å². The van der Waals surface area contributed by atoms with Crippen LogP contribution in [0, 0.1) is 11.8 Å². The van der Waals surface area contributed by atoms with E-state index in [1.54, 1.807) is 0 Å². The molecule has 0 saturated carbocycles. The molecule has 116 valence electrons. The summed E-state index contributed by atoms with van der Waals surface area (Å²) in [7, 11) is 0. The summed E-state index contributed by atoms with van der Waals surface area (Å²) in [6.07, 6.45) is -2.23. The highest BCUT2D eigenvalue weighted by Gasteiger charge is 2.33. The fraction of sp³-hybridized carbons (Fsp3) is 0.600. The molecule has 1 aliphatic heterocycles. The van der Waals surface area contributed by atoms with Crippen LogP contribution < -0.4 is 4.90 Å². The molecule has 0 aromatic carbocycles. The highest BCUT2D eigenvalue weighted by Crippen LogP contribution is 2.31. The molecule has 0 spiro atoms. The Hall–Kier alpha value is -1.59. The molecule has 3 nitrogen and oxygen atoms in total. The third-order valence-corrected chi connectivity index (χ3v) is 4.07. The summed E-state index contributed by atoms with van der Waals surface area (Å²) >= 11 is 0. The Labute approximate surface area is 122 Å². The predicted octanol–water partition coefficient (Wildman–Crippen LogP) is 3.54. The Morgan fingerprint density at radius 2 is 2.14 bits per heavy atom. The molecule has 1 aromatic rings. The maximum absolute atomic E-state index is 12.5. The molecule has 0 amide bonds. The first-order valence-electron chi connectivity index (χ1n) is 7.13. The Morgan fingerprint density at radius 3 is 2.62 bits per heavy atom. The van der Waals surface area contributed by atoms with Crippen molar-refractivity contribution in [1.29, 1.82) is 0 Å². The number of rotatable bonds is 3. The van der Waals surface area contributed by atoms with Gasteiger partial charge in [0.15, 0.2) is 0 Å². The smallest absolute Gasteiger partial charge is 0.356 e. The molecule has 1 saturated heterocycles. The number of piperidine rings is 1. The quantitative estimate of drug-likeness (QED) is 0.856. The average Bonchev–Trinajstić information content (AvgIpc) is 2.45. The zero-order valence-corrected chi connectivity index (χ0v) is 12.2. The summed E-state index contributed by atoms with van der Waals surface area (Å²) in [5, 5.41) is 0. The Bertz CT molecular complexity index is 499. The molecular formula is C15H19F3N2O. The van der Waals surface area contributed by atoms with Crippen LogP contribution in [0.4, 0.5) is 19.0 Å². The number of halogens is 3. The highest BCUT2D eigenvalue weighted by molar-refractivity contribution is 5.81. The summed E-state index contributed by atoms with van der Waals surface area (Å²) in [5.74, 6) is 1.05. The van der Waals surface area contributed by atoms with Crippen molar-refractivity contribution in [3.05, 3.63) is 23.9 Å². The Morgan fingerprint density at radius 1 is 1.43 bits per heavy atom. The van der Waals surface area contributed by atoms with E-state index in [2.05, 4.69) is 4.98 Å². The second-order valence-electron chi connectivity index (χ2n) is 5.54. The third-order valence-electron chi connectivity index (χ3n) is 4.07. The van der Waals surface area contributed by atoms with E-state index in [1.165, 1.54) is 6.07 Å². The van der Waals surface area contributed by atoms with Crippen molar-refractivity contribution in [2.75, 3.05) is 18.0 Å². The minimum absolute atomic E-state index is 0.0562. The third kappa shape index (κ3) is 3.54. The van der Waals surface area contributed by atoms with Gasteiger partial charge in [-0.3, -0.25) is 4.79 Å². The van der Waals surface area contributed by atoms with Crippen LogP contribution in [0.25, 0.3) is 0 Å². The maximum atomic E-state index is 12.5. The molecule has 6 heteroatoms. The number of aromatic nitrogens is 1. The molecule has 0 N–H and O–H groups in total. The van der Waals surface area contributed by atoms with Crippen molar-refractivity contribution < 1.29 is 18.0 Å². The van der Waals surface area contributed by atoms with Gasteiger partial charge in [-0.1, -0.05) is 13.8 Å². The number of hydrogen-bond acceptors (Lipinski definition) is 3. The SMILES string of the molecule is CCC(=O)C1CCN(c2ccc(C(F)(F)F)cn2)CC1C. The number of anilines is 1. The van der Waals surface area contributed by atoms with E-state index in [-0.39, 0.29) is 17.6 Å². The van der Waals surface area contributed by atoms with Crippen LogP contribution in [0.3, 0.4) is 0 Å². The predicted molar refractivity (Wildman–Crippen MR) is 74.0 cm³/mol. The normalized spacial score (nSPS) is 23.2. The van der Waals surface area contributed by atoms with Gasteiger partial charge >= 0.3 is 6.18 Å². The van der Waals surface area contributed by atoms with Gasteiger partial charge in [-0.05, 0) is 24.5 Å². The number of hydrogen-bond donors (Lipinski definition) is 0. The second-order valence-corrected chi connectivity index (χ2v) is 5.54. The molecular weight excluding hydrogens is 281 g/mol. The molecule has 2 heterocycles. The summed E-state index contributed by atoms with van der Waals surface area (Å²) in [4.78, 5) is 17.7. The van der Waals surface area contributed by atoms with Gasteiger partial charge in [0.05, 0.1) is 5.56 Å².